The summed E-state index contributed by atoms with van der Waals surface area (Å²) in [5.74, 6) is -0.643. The molecule has 1 aromatic rings. The van der Waals surface area contributed by atoms with E-state index in [1.807, 2.05) is 43.3 Å². The molecule has 26 heavy (non-hydrogen) atoms. The Kier molecular flexibility index (Phi) is 5.90. The molecule has 0 unspecified atom stereocenters. The first kappa shape index (κ1) is 18.4. The molecule has 136 valence electrons. The summed E-state index contributed by atoms with van der Waals surface area (Å²) < 4.78 is 5.21. The number of ether oxygens (including phenoxy) is 1. The third-order valence-corrected chi connectivity index (χ3v) is 4.99. The molecule has 0 spiro atoms. The third-order valence-electron chi connectivity index (χ3n) is 4.08. The second-order valence-corrected chi connectivity index (χ2v) is 7.05. The van der Waals surface area contributed by atoms with Gasteiger partial charge in [0.1, 0.15) is 6.54 Å². The highest BCUT2D eigenvalue weighted by atomic mass is 32.2. The molecule has 3 rings (SSSR count). The molecule has 2 aliphatic heterocycles. The van der Waals surface area contributed by atoms with Gasteiger partial charge in [-0.1, -0.05) is 36.4 Å². The highest BCUT2D eigenvalue weighted by Gasteiger charge is 2.37. The summed E-state index contributed by atoms with van der Waals surface area (Å²) in [7, 11) is 0. The number of amides is 3. The van der Waals surface area contributed by atoms with Gasteiger partial charge < -0.3 is 9.64 Å². The van der Waals surface area contributed by atoms with Crippen LogP contribution in [0.5, 0.6) is 0 Å². The van der Waals surface area contributed by atoms with Crippen molar-refractivity contribution in [3.63, 3.8) is 0 Å². The molecule has 7 heteroatoms. The van der Waals surface area contributed by atoms with Crippen LogP contribution in [0.2, 0.25) is 0 Å². The number of imide groups is 1. The molecule has 0 saturated carbocycles. The maximum absolute atomic E-state index is 12.5. The van der Waals surface area contributed by atoms with Gasteiger partial charge in [0.2, 0.25) is 5.91 Å². The minimum absolute atomic E-state index is 0.219. The number of thioether (sulfide) groups is 1. The van der Waals surface area contributed by atoms with E-state index in [4.69, 9.17) is 4.74 Å². The van der Waals surface area contributed by atoms with Gasteiger partial charge in [-0.05, 0) is 35.9 Å². The van der Waals surface area contributed by atoms with Gasteiger partial charge in [-0.2, -0.15) is 0 Å². The number of rotatable bonds is 4. The van der Waals surface area contributed by atoms with Crippen LogP contribution in [0.3, 0.4) is 0 Å². The molecule has 0 bridgehead atoms. The zero-order valence-corrected chi connectivity index (χ0v) is 15.3. The van der Waals surface area contributed by atoms with Gasteiger partial charge in [-0.15, -0.1) is 0 Å². The molecular weight excluding hydrogens is 352 g/mol. The summed E-state index contributed by atoms with van der Waals surface area (Å²) in [5, 5.41) is -0.407. The number of carbonyl (C=O) groups is 3. The van der Waals surface area contributed by atoms with Gasteiger partial charge in [0.25, 0.3) is 11.1 Å². The minimum atomic E-state index is -0.414. The predicted molar refractivity (Wildman–Crippen MR) is 100 cm³/mol. The maximum Gasteiger partial charge on any atom is 0.294 e. The van der Waals surface area contributed by atoms with Gasteiger partial charge in [0.15, 0.2) is 0 Å². The molecular formula is C19H20N2O4S. The highest BCUT2D eigenvalue weighted by Crippen LogP contribution is 2.31. The van der Waals surface area contributed by atoms with Crippen LogP contribution in [-0.2, 0) is 14.3 Å². The molecule has 0 atom stereocenters. The summed E-state index contributed by atoms with van der Waals surface area (Å²) in [4.78, 5) is 40.0. The van der Waals surface area contributed by atoms with E-state index in [0.29, 0.717) is 31.2 Å². The SMILES string of the molecule is CC(=Cc1ccccc1)C=C1SC(=O)N(CC(=O)N2CCOCC2)C1=O. The molecule has 0 N–H and O–H groups in total. The topological polar surface area (TPSA) is 66.9 Å². The van der Waals surface area contributed by atoms with E-state index in [9.17, 15) is 14.4 Å². The van der Waals surface area contributed by atoms with Gasteiger partial charge in [-0.3, -0.25) is 19.3 Å². The Bertz CT molecular complexity index is 767. The summed E-state index contributed by atoms with van der Waals surface area (Å²) >= 11 is 0.872. The smallest absolute Gasteiger partial charge is 0.294 e. The average molecular weight is 372 g/mol. The van der Waals surface area contributed by atoms with Crippen molar-refractivity contribution in [2.45, 2.75) is 6.92 Å². The van der Waals surface area contributed by atoms with Crippen LogP contribution < -0.4 is 0 Å². The summed E-state index contributed by atoms with van der Waals surface area (Å²) in [6.45, 7) is 3.60. The molecule has 2 saturated heterocycles. The van der Waals surface area contributed by atoms with Gasteiger partial charge in [0, 0.05) is 13.1 Å². The summed E-state index contributed by atoms with van der Waals surface area (Å²) in [5.41, 5.74) is 1.88. The van der Waals surface area contributed by atoms with Crippen molar-refractivity contribution in [1.82, 2.24) is 9.80 Å². The van der Waals surface area contributed by atoms with E-state index in [0.717, 1.165) is 27.8 Å². The molecule has 3 amide bonds. The van der Waals surface area contributed by atoms with Crippen molar-refractivity contribution in [1.29, 1.82) is 0 Å². The first-order valence-corrected chi connectivity index (χ1v) is 9.20. The van der Waals surface area contributed by atoms with Crippen molar-refractivity contribution < 1.29 is 19.1 Å². The lowest BCUT2D eigenvalue weighted by atomic mass is 10.1. The zero-order chi connectivity index (χ0) is 18.5. The number of hydrogen-bond donors (Lipinski definition) is 0. The predicted octanol–water partition coefficient (Wildman–Crippen LogP) is 2.53. The number of morpholine rings is 1. The van der Waals surface area contributed by atoms with E-state index in [-0.39, 0.29) is 12.5 Å². The van der Waals surface area contributed by atoms with E-state index >= 15 is 0 Å². The Morgan fingerprint density at radius 3 is 2.58 bits per heavy atom. The van der Waals surface area contributed by atoms with Crippen LogP contribution in [0.15, 0.2) is 46.9 Å². The standard InChI is InChI=1S/C19H20N2O4S/c1-14(11-15-5-3-2-4-6-15)12-16-18(23)21(19(24)26-16)13-17(22)20-7-9-25-10-8-20/h2-6,11-12H,7-10,13H2,1H3. The lowest BCUT2D eigenvalue weighted by Crippen LogP contribution is -2.46. The van der Waals surface area contributed by atoms with E-state index in [1.54, 1.807) is 11.0 Å². The molecule has 2 aliphatic rings. The monoisotopic (exact) mass is 372 g/mol. The average Bonchev–Trinajstić information content (AvgIpc) is 2.90. The molecule has 1 aromatic carbocycles. The first-order chi connectivity index (χ1) is 12.5. The molecule has 0 aliphatic carbocycles. The normalized spacial score (nSPS) is 20.2. The van der Waals surface area contributed by atoms with Gasteiger partial charge >= 0.3 is 0 Å². The minimum Gasteiger partial charge on any atom is -0.378 e. The number of benzene rings is 1. The molecule has 0 aromatic heterocycles. The quantitative estimate of drug-likeness (QED) is 0.760. The van der Waals surface area contributed by atoms with Crippen molar-refractivity contribution in [2.24, 2.45) is 0 Å². The number of nitrogens with zero attached hydrogens (tertiary/aromatic N) is 2. The first-order valence-electron chi connectivity index (χ1n) is 8.39. The van der Waals surface area contributed by atoms with Crippen molar-refractivity contribution >= 4 is 34.9 Å². The van der Waals surface area contributed by atoms with Crippen LogP contribution >= 0.6 is 11.8 Å². The second-order valence-electron chi connectivity index (χ2n) is 6.06. The fraction of sp³-hybridized carbons (Fsp3) is 0.316. The number of hydrogen-bond acceptors (Lipinski definition) is 5. The summed E-state index contributed by atoms with van der Waals surface area (Å²) in [6, 6.07) is 9.73. The molecule has 2 heterocycles. The Hall–Kier alpha value is -2.38. The van der Waals surface area contributed by atoms with Gasteiger partial charge in [-0.25, -0.2) is 0 Å². The zero-order valence-electron chi connectivity index (χ0n) is 14.5. The second kappa shape index (κ2) is 8.33. The number of carbonyl (C=O) groups excluding carboxylic acids is 3. The molecule has 0 radical (unpaired) electrons. The molecule has 6 nitrogen and oxygen atoms in total. The fourth-order valence-corrected chi connectivity index (χ4v) is 3.63. The Morgan fingerprint density at radius 2 is 1.88 bits per heavy atom. The van der Waals surface area contributed by atoms with Crippen LogP contribution in [0.25, 0.3) is 6.08 Å². The third kappa shape index (κ3) is 4.42. The van der Waals surface area contributed by atoms with E-state index in [2.05, 4.69) is 0 Å². The van der Waals surface area contributed by atoms with Crippen molar-refractivity contribution in [3.8, 4) is 0 Å². The van der Waals surface area contributed by atoms with Crippen LogP contribution in [-0.4, -0.2) is 59.7 Å². The highest BCUT2D eigenvalue weighted by molar-refractivity contribution is 8.18. The van der Waals surface area contributed by atoms with E-state index in [1.165, 1.54) is 0 Å². The lowest BCUT2D eigenvalue weighted by molar-refractivity contribution is -0.139. The van der Waals surface area contributed by atoms with Crippen molar-refractivity contribution in [2.75, 3.05) is 32.8 Å². The Labute approximate surface area is 156 Å². The van der Waals surface area contributed by atoms with Gasteiger partial charge in [0.05, 0.1) is 18.1 Å². The van der Waals surface area contributed by atoms with Crippen molar-refractivity contribution in [3.05, 3.63) is 52.4 Å². The van der Waals surface area contributed by atoms with E-state index < -0.39 is 11.1 Å². The largest absolute Gasteiger partial charge is 0.378 e. The Morgan fingerprint density at radius 1 is 1.19 bits per heavy atom. The lowest BCUT2D eigenvalue weighted by Gasteiger charge is -2.28. The maximum atomic E-state index is 12.5. The molecule has 2 fully saturated rings. The van der Waals surface area contributed by atoms with Crippen LogP contribution in [0, 0.1) is 0 Å². The Balaban J connectivity index is 1.68. The number of allylic oxidation sites excluding steroid dienone is 2. The van der Waals surface area contributed by atoms with Crippen LogP contribution in [0.1, 0.15) is 12.5 Å². The fourth-order valence-electron chi connectivity index (χ4n) is 2.74. The van der Waals surface area contributed by atoms with Crippen LogP contribution in [0.4, 0.5) is 4.79 Å². The summed E-state index contributed by atoms with van der Waals surface area (Å²) in [6.07, 6.45) is 3.63.